The third kappa shape index (κ3) is 2.65. The number of rotatable bonds is 4. The molecule has 0 saturated heterocycles. The van der Waals surface area contributed by atoms with Crippen molar-refractivity contribution in [2.24, 2.45) is 11.7 Å². The molecule has 106 valence electrons. The fraction of sp³-hybridized carbons (Fsp3) is 0.800. The highest BCUT2D eigenvalue weighted by Gasteiger charge is 2.32. The van der Waals surface area contributed by atoms with Gasteiger partial charge in [-0.05, 0) is 31.6 Å². The van der Waals surface area contributed by atoms with Crippen molar-refractivity contribution in [2.75, 3.05) is 11.9 Å². The van der Waals surface area contributed by atoms with Crippen LogP contribution in [0.3, 0.4) is 0 Å². The predicted molar refractivity (Wildman–Crippen MR) is 81.8 cm³/mol. The van der Waals surface area contributed by atoms with Gasteiger partial charge in [0.15, 0.2) is 5.13 Å². The fourth-order valence-electron chi connectivity index (χ4n) is 3.34. The van der Waals surface area contributed by atoms with Crippen molar-refractivity contribution in [3.8, 4) is 0 Å². The van der Waals surface area contributed by atoms with E-state index < -0.39 is 0 Å². The summed E-state index contributed by atoms with van der Waals surface area (Å²) >= 11 is 1.82. The SMILES string of the molecule is CC1CCCCC1N(C)c1nc(C2CC2)c(CN)s1. The molecular weight excluding hydrogens is 254 g/mol. The Morgan fingerprint density at radius 1 is 1.26 bits per heavy atom. The first-order valence-corrected chi connectivity index (χ1v) is 8.45. The molecule has 0 aromatic carbocycles. The lowest BCUT2D eigenvalue weighted by atomic mass is 9.85. The maximum Gasteiger partial charge on any atom is 0.185 e. The van der Waals surface area contributed by atoms with E-state index in [9.17, 15) is 0 Å². The van der Waals surface area contributed by atoms with E-state index in [1.54, 1.807) is 0 Å². The first-order valence-electron chi connectivity index (χ1n) is 7.63. The van der Waals surface area contributed by atoms with Crippen molar-refractivity contribution < 1.29 is 0 Å². The van der Waals surface area contributed by atoms with E-state index in [1.807, 2.05) is 11.3 Å². The third-order valence-electron chi connectivity index (χ3n) is 4.73. The minimum Gasteiger partial charge on any atom is -0.348 e. The van der Waals surface area contributed by atoms with Crippen molar-refractivity contribution in [2.45, 2.75) is 64.0 Å². The van der Waals surface area contributed by atoms with Crippen molar-refractivity contribution in [1.29, 1.82) is 0 Å². The van der Waals surface area contributed by atoms with Crippen LogP contribution in [0.4, 0.5) is 5.13 Å². The van der Waals surface area contributed by atoms with Crippen molar-refractivity contribution >= 4 is 16.5 Å². The molecule has 19 heavy (non-hydrogen) atoms. The summed E-state index contributed by atoms with van der Waals surface area (Å²) < 4.78 is 0. The van der Waals surface area contributed by atoms with Crippen molar-refractivity contribution in [3.05, 3.63) is 10.6 Å². The summed E-state index contributed by atoms with van der Waals surface area (Å²) in [4.78, 5) is 8.66. The number of aromatic nitrogens is 1. The number of thiazole rings is 1. The smallest absolute Gasteiger partial charge is 0.185 e. The van der Waals surface area contributed by atoms with Gasteiger partial charge in [-0.3, -0.25) is 0 Å². The highest BCUT2D eigenvalue weighted by Crippen LogP contribution is 2.44. The summed E-state index contributed by atoms with van der Waals surface area (Å²) in [6.45, 7) is 3.04. The molecule has 1 aromatic rings. The van der Waals surface area contributed by atoms with E-state index in [0.29, 0.717) is 18.5 Å². The van der Waals surface area contributed by atoms with Crippen LogP contribution in [-0.2, 0) is 6.54 Å². The van der Waals surface area contributed by atoms with Crippen LogP contribution in [0.15, 0.2) is 0 Å². The second kappa shape index (κ2) is 5.41. The van der Waals surface area contributed by atoms with E-state index in [1.165, 1.54) is 54.2 Å². The Kier molecular flexibility index (Phi) is 3.81. The molecule has 3 nitrogen and oxygen atoms in total. The van der Waals surface area contributed by atoms with Gasteiger partial charge >= 0.3 is 0 Å². The van der Waals surface area contributed by atoms with E-state index in [2.05, 4.69) is 18.9 Å². The van der Waals surface area contributed by atoms with Gasteiger partial charge in [-0.2, -0.15) is 0 Å². The molecular formula is C15H25N3S. The molecule has 1 aromatic heterocycles. The van der Waals surface area contributed by atoms with Gasteiger partial charge in [0.2, 0.25) is 0 Å². The lowest BCUT2D eigenvalue weighted by molar-refractivity contribution is 0.321. The topological polar surface area (TPSA) is 42.2 Å². The van der Waals surface area contributed by atoms with Crippen molar-refractivity contribution in [1.82, 2.24) is 4.98 Å². The molecule has 0 spiro atoms. The fourth-order valence-corrected chi connectivity index (χ4v) is 4.38. The molecule has 2 N–H and O–H groups in total. The van der Waals surface area contributed by atoms with Gasteiger partial charge in [-0.1, -0.05) is 19.8 Å². The Labute approximate surface area is 120 Å². The van der Waals surface area contributed by atoms with Crippen molar-refractivity contribution in [3.63, 3.8) is 0 Å². The summed E-state index contributed by atoms with van der Waals surface area (Å²) in [7, 11) is 2.22. The zero-order valence-corrected chi connectivity index (χ0v) is 12.9. The summed E-state index contributed by atoms with van der Waals surface area (Å²) in [6.07, 6.45) is 8.04. The van der Waals surface area contributed by atoms with E-state index in [4.69, 9.17) is 10.7 Å². The largest absolute Gasteiger partial charge is 0.348 e. The number of nitrogens with zero attached hydrogens (tertiary/aromatic N) is 2. The van der Waals surface area contributed by atoms with Crippen LogP contribution < -0.4 is 10.6 Å². The standard InChI is InChI=1S/C15H25N3S/c1-10-5-3-4-6-12(10)18(2)15-17-14(11-7-8-11)13(9-16)19-15/h10-12H,3-9,16H2,1-2H3. The highest BCUT2D eigenvalue weighted by molar-refractivity contribution is 7.15. The van der Waals surface area contributed by atoms with Gasteiger partial charge in [0.25, 0.3) is 0 Å². The zero-order chi connectivity index (χ0) is 13.4. The molecule has 1 heterocycles. The van der Waals surface area contributed by atoms with Gasteiger partial charge in [-0.25, -0.2) is 4.98 Å². The third-order valence-corrected chi connectivity index (χ3v) is 5.92. The average Bonchev–Trinajstić information content (AvgIpc) is 3.18. The number of hydrogen-bond acceptors (Lipinski definition) is 4. The van der Waals surface area contributed by atoms with Crippen LogP contribution in [0.1, 0.15) is 61.9 Å². The maximum absolute atomic E-state index is 5.89. The van der Waals surface area contributed by atoms with Crippen LogP contribution >= 0.6 is 11.3 Å². The lowest BCUT2D eigenvalue weighted by Gasteiger charge is -2.36. The molecule has 0 radical (unpaired) electrons. The lowest BCUT2D eigenvalue weighted by Crippen LogP contribution is -2.38. The van der Waals surface area contributed by atoms with Crippen LogP contribution in [0.5, 0.6) is 0 Å². The summed E-state index contributed by atoms with van der Waals surface area (Å²) in [5.41, 5.74) is 7.19. The molecule has 2 aliphatic carbocycles. The molecule has 2 atom stereocenters. The minimum atomic E-state index is 0.650. The van der Waals surface area contributed by atoms with Crippen LogP contribution in [0.2, 0.25) is 0 Å². The Balaban J connectivity index is 1.80. The molecule has 0 aliphatic heterocycles. The molecule has 2 unspecified atom stereocenters. The summed E-state index contributed by atoms with van der Waals surface area (Å²) in [6, 6.07) is 0.664. The summed E-state index contributed by atoms with van der Waals surface area (Å²) in [5, 5.41) is 1.20. The Hall–Kier alpha value is -0.610. The zero-order valence-electron chi connectivity index (χ0n) is 12.1. The van der Waals surface area contributed by atoms with Crippen LogP contribution in [0, 0.1) is 5.92 Å². The highest BCUT2D eigenvalue weighted by atomic mass is 32.1. The Morgan fingerprint density at radius 3 is 2.63 bits per heavy atom. The summed E-state index contributed by atoms with van der Waals surface area (Å²) in [5.74, 6) is 1.49. The molecule has 2 saturated carbocycles. The quantitative estimate of drug-likeness (QED) is 0.917. The molecule has 4 heteroatoms. The molecule has 2 fully saturated rings. The maximum atomic E-state index is 5.89. The Morgan fingerprint density at radius 2 is 2.00 bits per heavy atom. The van der Waals surface area contributed by atoms with Gasteiger partial charge in [0, 0.05) is 30.4 Å². The number of nitrogens with two attached hydrogens (primary N) is 1. The van der Waals surface area contributed by atoms with Gasteiger partial charge in [-0.15, -0.1) is 11.3 Å². The van der Waals surface area contributed by atoms with Crippen LogP contribution in [-0.4, -0.2) is 18.1 Å². The molecule has 0 amide bonds. The minimum absolute atomic E-state index is 0.650. The second-order valence-electron chi connectivity index (χ2n) is 6.22. The van der Waals surface area contributed by atoms with Gasteiger partial charge in [0.1, 0.15) is 0 Å². The Bertz CT molecular complexity index is 439. The van der Waals surface area contributed by atoms with Gasteiger partial charge < -0.3 is 10.6 Å². The molecule has 0 bridgehead atoms. The first kappa shape index (κ1) is 13.4. The normalized spacial score (nSPS) is 27.5. The monoisotopic (exact) mass is 279 g/mol. The van der Waals surface area contributed by atoms with E-state index in [0.717, 1.165) is 5.92 Å². The van der Waals surface area contributed by atoms with Crippen LogP contribution in [0.25, 0.3) is 0 Å². The molecule has 2 aliphatic rings. The number of hydrogen-bond donors (Lipinski definition) is 1. The average molecular weight is 279 g/mol. The number of anilines is 1. The first-order chi connectivity index (χ1) is 9.20. The van der Waals surface area contributed by atoms with E-state index >= 15 is 0 Å². The van der Waals surface area contributed by atoms with Gasteiger partial charge in [0.05, 0.1) is 5.69 Å². The molecule has 3 rings (SSSR count). The predicted octanol–water partition coefficient (Wildman–Crippen LogP) is 3.49. The second-order valence-corrected chi connectivity index (χ2v) is 7.29. The van der Waals surface area contributed by atoms with E-state index in [-0.39, 0.29) is 0 Å².